The van der Waals surface area contributed by atoms with Crippen LogP contribution in [0.1, 0.15) is 40.0 Å². The van der Waals surface area contributed by atoms with Crippen molar-refractivity contribution in [3.8, 4) is 0 Å². The van der Waals surface area contributed by atoms with Gasteiger partial charge in [-0.3, -0.25) is 0 Å². The van der Waals surface area contributed by atoms with E-state index >= 15 is 0 Å². The molecule has 22 heavy (non-hydrogen) atoms. The van der Waals surface area contributed by atoms with Gasteiger partial charge in [0, 0.05) is 26.7 Å². The number of rotatable bonds is 8. The van der Waals surface area contributed by atoms with Gasteiger partial charge in [-0.05, 0) is 52.5 Å². The third kappa shape index (κ3) is 8.39. The molecule has 0 aromatic heterocycles. The van der Waals surface area contributed by atoms with Gasteiger partial charge in [-0.15, -0.1) is 0 Å². The van der Waals surface area contributed by atoms with E-state index in [9.17, 15) is 4.79 Å². The van der Waals surface area contributed by atoms with Gasteiger partial charge in [0.15, 0.2) is 0 Å². The molecule has 0 radical (unpaired) electrons. The summed E-state index contributed by atoms with van der Waals surface area (Å²) in [6.07, 6.45) is 7.85. The predicted octanol–water partition coefficient (Wildman–Crippen LogP) is 2.82. The molecule has 0 saturated carbocycles. The van der Waals surface area contributed by atoms with Crippen LogP contribution in [0, 0.1) is 5.92 Å². The molecule has 5 nitrogen and oxygen atoms in total. The highest BCUT2D eigenvalue weighted by atomic mass is 16.6. The van der Waals surface area contributed by atoms with Crippen molar-refractivity contribution >= 4 is 6.09 Å². The number of carbonyl (C=O) groups is 1. The van der Waals surface area contributed by atoms with E-state index in [4.69, 9.17) is 9.47 Å². The molecule has 0 spiro atoms. The maximum Gasteiger partial charge on any atom is 0.410 e. The van der Waals surface area contributed by atoms with Gasteiger partial charge < -0.3 is 19.7 Å². The van der Waals surface area contributed by atoms with Crippen LogP contribution < -0.4 is 5.32 Å². The van der Waals surface area contributed by atoms with Gasteiger partial charge >= 0.3 is 6.09 Å². The second kappa shape index (κ2) is 9.85. The van der Waals surface area contributed by atoms with E-state index in [-0.39, 0.29) is 6.09 Å². The molecule has 0 fully saturated rings. The molecular weight excluding hydrogens is 280 g/mol. The number of hydrogen-bond donors (Lipinski definition) is 1. The van der Waals surface area contributed by atoms with Crippen LogP contribution in [0.2, 0.25) is 0 Å². The lowest BCUT2D eigenvalue weighted by Gasteiger charge is -2.27. The van der Waals surface area contributed by atoms with Crippen molar-refractivity contribution in [3.63, 3.8) is 0 Å². The fourth-order valence-electron chi connectivity index (χ4n) is 2.38. The largest absolute Gasteiger partial charge is 0.444 e. The zero-order valence-electron chi connectivity index (χ0n) is 14.6. The molecule has 0 heterocycles. The van der Waals surface area contributed by atoms with E-state index < -0.39 is 5.60 Å². The minimum atomic E-state index is -0.468. The van der Waals surface area contributed by atoms with E-state index in [1.807, 2.05) is 20.8 Å². The SMILES string of the molecule is COCCN(CCNCC1CC=CCC1)C(=O)OC(C)(C)C. The van der Waals surface area contributed by atoms with Crippen LogP contribution >= 0.6 is 0 Å². The van der Waals surface area contributed by atoms with Gasteiger partial charge in [0.05, 0.1) is 6.61 Å². The van der Waals surface area contributed by atoms with Crippen molar-refractivity contribution in [1.82, 2.24) is 10.2 Å². The predicted molar refractivity (Wildman–Crippen MR) is 89.0 cm³/mol. The number of nitrogens with zero attached hydrogens (tertiary/aromatic N) is 1. The van der Waals surface area contributed by atoms with Crippen LogP contribution in [0.15, 0.2) is 12.2 Å². The molecular formula is C17H32N2O3. The third-order valence-electron chi connectivity index (χ3n) is 3.59. The van der Waals surface area contributed by atoms with E-state index in [1.165, 1.54) is 12.8 Å². The lowest BCUT2D eigenvalue weighted by Crippen LogP contribution is -2.42. The summed E-state index contributed by atoms with van der Waals surface area (Å²) in [5.74, 6) is 0.721. The Labute approximate surface area is 135 Å². The molecule has 1 N–H and O–H groups in total. The van der Waals surface area contributed by atoms with Crippen LogP contribution in [0.5, 0.6) is 0 Å². The highest BCUT2D eigenvalue weighted by Crippen LogP contribution is 2.16. The lowest BCUT2D eigenvalue weighted by molar-refractivity contribution is 0.0204. The summed E-state index contributed by atoms with van der Waals surface area (Å²) in [7, 11) is 1.64. The summed E-state index contributed by atoms with van der Waals surface area (Å²) in [6, 6.07) is 0. The summed E-state index contributed by atoms with van der Waals surface area (Å²) in [5.41, 5.74) is -0.468. The average Bonchev–Trinajstić information content (AvgIpc) is 2.45. The molecule has 0 aromatic carbocycles. The highest BCUT2D eigenvalue weighted by Gasteiger charge is 2.21. The Bertz CT molecular complexity index is 350. The van der Waals surface area contributed by atoms with E-state index in [1.54, 1.807) is 12.0 Å². The van der Waals surface area contributed by atoms with Crippen molar-refractivity contribution in [2.45, 2.75) is 45.6 Å². The molecule has 0 aromatic rings. The highest BCUT2D eigenvalue weighted by molar-refractivity contribution is 5.68. The zero-order chi connectivity index (χ0) is 16.4. The first-order chi connectivity index (χ1) is 10.4. The molecule has 0 aliphatic heterocycles. The van der Waals surface area contributed by atoms with Crippen LogP contribution in [0.25, 0.3) is 0 Å². The maximum atomic E-state index is 12.2. The quantitative estimate of drug-likeness (QED) is 0.553. The molecule has 128 valence electrons. The monoisotopic (exact) mass is 312 g/mol. The minimum Gasteiger partial charge on any atom is -0.444 e. The van der Waals surface area contributed by atoms with Crippen molar-refractivity contribution in [3.05, 3.63) is 12.2 Å². The molecule has 1 rings (SSSR count). The van der Waals surface area contributed by atoms with E-state index in [0.717, 1.165) is 25.4 Å². The molecule has 0 saturated heterocycles. The van der Waals surface area contributed by atoms with Crippen molar-refractivity contribution in [2.75, 3.05) is 39.9 Å². The van der Waals surface area contributed by atoms with E-state index in [0.29, 0.717) is 19.7 Å². The van der Waals surface area contributed by atoms with Crippen LogP contribution in [-0.4, -0.2) is 56.5 Å². The summed E-state index contributed by atoms with van der Waals surface area (Å²) >= 11 is 0. The normalized spacial score (nSPS) is 18.3. The number of methoxy groups -OCH3 is 1. The smallest absolute Gasteiger partial charge is 0.410 e. The summed E-state index contributed by atoms with van der Waals surface area (Å²) < 4.78 is 10.5. The zero-order valence-corrected chi connectivity index (χ0v) is 14.6. The second-order valence-corrected chi connectivity index (χ2v) is 6.81. The Hall–Kier alpha value is -1.07. The van der Waals surface area contributed by atoms with E-state index in [2.05, 4.69) is 17.5 Å². The van der Waals surface area contributed by atoms with Crippen LogP contribution in [0.4, 0.5) is 4.79 Å². The van der Waals surface area contributed by atoms with Crippen LogP contribution in [0.3, 0.4) is 0 Å². The number of hydrogen-bond acceptors (Lipinski definition) is 4. The van der Waals surface area contributed by atoms with Gasteiger partial charge in [-0.1, -0.05) is 12.2 Å². The Kier molecular flexibility index (Phi) is 8.49. The number of amides is 1. The molecule has 1 atom stereocenters. The topological polar surface area (TPSA) is 50.8 Å². The number of nitrogens with one attached hydrogen (secondary N) is 1. The maximum absolute atomic E-state index is 12.2. The molecule has 5 heteroatoms. The van der Waals surface area contributed by atoms with Gasteiger partial charge in [-0.25, -0.2) is 4.79 Å². The van der Waals surface area contributed by atoms with Crippen molar-refractivity contribution < 1.29 is 14.3 Å². The van der Waals surface area contributed by atoms with Crippen molar-refractivity contribution in [1.29, 1.82) is 0 Å². The summed E-state index contributed by atoms with van der Waals surface area (Å²) in [4.78, 5) is 13.9. The second-order valence-electron chi connectivity index (χ2n) is 6.81. The Morgan fingerprint density at radius 2 is 2.09 bits per heavy atom. The number of carbonyl (C=O) groups excluding carboxylic acids is 1. The van der Waals surface area contributed by atoms with Gasteiger partial charge in [0.2, 0.25) is 0 Å². The molecule has 0 bridgehead atoms. The standard InChI is InChI=1S/C17H32N2O3/c1-17(2,3)22-16(20)19(12-13-21-4)11-10-18-14-15-8-6-5-7-9-15/h5-6,15,18H,7-14H2,1-4H3. The Morgan fingerprint density at radius 3 is 2.68 bits per heavy atom. The molecule has 1 unspecified atom stereocenters. The molecule has 1 aliphatic rings. The first-order valence-corrected chi connectivity index (χ1v) is 8.25. The Balaban J connectivity index is 2.30. The fourth-order valence-corrected chi connectivity index (χ4v) is 2.38. The lowest BCUT2D eigenvalue weighted by atomic mass is 9.94. The average molecular weight is 312 g/mol. The Morgan fingerprint density at radius 1 is 1.32 bits per heavy atom. The van der Waals surface area contributed by atoms with Gasteiger partial charge in [0.25, 0.3) is 0 Å². The minimum absolute atomic E-state index is 0.271. The molecule has 1 aliphatic carbocycles. The van der Waals surface area contributed by atoms with Crippen molar-refractivity contribution in [2.24, 2.45) is 5.92 Å². The van der Waals surface area contributed by atoms with Crippen LogP contribution in [-0.2, 0) is 9.47 Å². The third-order valence-corrected chi connectivity index (χ3v) is 3.59. The molecule has 1 amide bonds. The first kappa shape index (κ1) is 19.0. The fraction of sp³-hybridized carbons (Fsp3) is 0.824. The summed E-state index contributed by atoms with van der Waals surface area (Å²) in [5, 5.41) is 3.46. The van der Waals surface area contributed by atoms with Gasteiger partial charge in [0.1, 0.15) is 5.60 Å². The van der Waals surface area contributed by atoms with Gasteiger partial charge in [-0.2, -0.15) is 0 Å². The summed E-state index contributed by atoms with van der Waals surface area (Å²) in [6.45, 7) is 9.16. The first-order valence-electron chi connectivity index (χ1n) is 8.25. The number of allylic oxidation sites excluding steroid dienone is 2. The number of ether oxygens (including phenoxy) is 2.